The highest BCUT2D eigenvalue weighted by Gasteiger charge is 2.38. The molecular weight excluding hydrogens is 218 g/mol. The van der Waals surface area contributed by atoms with Crippen molar-refractivity contribution in [3.05, 3.63) is 28.0 Å². The number of furan rings is 1. The number of hydrogen-bond donors (Lipinski definition) is 2. The first kappa shape index (κ1) is 12.2. The van der Waals surface area contributed by atoms with Crippen molar-refractivity contribution in [2.45, 2.75) is 25.4 Å². The lowest BCUT2D eigenvalue weighted by molar-refractivity contribution is -0.402. The molecule has 16 heavy (non-hydrogen) atoms. The largest absolute Gasteiger partial charge is 0.479 e. The lowest BCUT2D eigenvalue weighted by Crippen LogP contribution is -2.39. The van der Waals surface area contributed by atoms with Crippen LogP contribution in [0.15, 0.2) is 16.5 Å². The summed E-state index contributed by atoms with van der Waals surface area (Å²) in [6.45, 7) is 2.85. The first-order valence-corrected chi connectivity index (χ1v) is 4.42. The van der Waals surface area contributed by atoms with Crippen LogP contribution in [0, 0.1) is 10.1 Å². The average Bonchev–Trinajstić information content (AvgIpc) is 2.65. The van der Waals surface area contributed by atoms with Gasteiger partial charge in [-0.05, 0) is 19.9 Å². The highest BCUT2D eigenvalue weighted by Crippen LogP contribution is 2.31. The van der Waals surface area contributed by atoms with Crippen LogP contribution in [0.1, 0.15) is 19.6 Å². The monoisotopic (exact) mass is 229 g/mol. The molecule has 1 aromatic rings. The zero-order valence-corrected chi connectivity index (χ0v) is 8.71. The summed E-state index contributed by atoms with van der Waals surface area (Å²) in [7, 11) is 0. The Labute approximate surface area is 90.5 Å². The van der Waals surface area contributed by atoms with Gasteiger partial charge >= 0.3 is 11.9 Å². The van der Waals surface area contributed by atoms with Gasteiger partial charge in [0.15, 0.2) is 6.10 Å². The molecule has 2 N–H and O–H groups in total. The molecule has 88 valence electrons. The van der Waals surface area contributed by atoms with Crippen molar-refractivity contribution in [3.63, 3.8) is 0 Å². The van der Waals surface area contributed by atoms with E-state index in [1.807, 2.05) is 0 Å². The zero-order valence-electron chi connectivity index (χ0n) is 8.71. The summed E-state index contributed by atoms with van der Waals surface area (Å²) in [5.74, 6) is -1.85. The number of carboxylic acid groups (broad SMARTS) is 1. The van der Waals surface area contributed by atoms with Gasteiger partial charge in [0.25, 0.3) is 0 Å². The van der Waals surface area contributed by atoms with E-state index in [0.29, 0.717) is 0 Å². The molecule has 0 aromatic carbocycles. The van der Waals surface area contributed by atoms with Crippen molar-refractivity contribution >= 4 is 11.9 Å². The highest BCUT2D eigenvalue weighted by molar-refractivity contribution is 5.74. The van der Waals surface area contributed by atoms with Crippen molar-refractivity contribution in [2.75, 3.05) is 0 Å². The first-order chi connectivity index (χ1) is 7.26. The van der Waals surface area contributed by atoms with E-state index in [4.69, 9.17) is 9.52 Å². The average molecular weight is 229 g/mol. The van der Waals surface area contributed by atoms with Crippen LogP contribution in [-0.2, 0) is 10.2 Å². The summed E-state index contributed by atoms with van der Waals surface area (Å²) in [6, 6.07) is 2.40. The SMILES string of the molecule is CC(C)(c1ccc([N+](=O)[O-])o1)C(O)C(=O)O. The van der Waals surface area contributed by atoms with Gasteiger partial charge in [-0.1, -0.05) is 0 Å². The standard InChI is InChI=1S/C9H11NO6/c1-9(2,7(11)8(12)13)5-3-4-6(16-5)10(14)15/h3-4,7,11H,1-2H3,(H,12,13). The van der Waals surface area contributed by atoms with E-state index in [2.05, 4.69) is 0 Å². The van der Waals surface area contributed by atoms with Crippen LogP contribution in [-0.4, -0.2) is 27.2 Å². The zero-order chi connectivity index (χ0) is 12.5. The molecule has 1 aromatic heterocycles. The lowest BCUT2D eigenvalue weighted by Gasteiger charge is -2.24. The number of aliphatic carboxylic acids is 1. The van der Waals surface area contributed by atoms with Crippen LogP contribution in [0.3, 0.4) is 0 Å². The molecule has 1 atom stereocenters. The third-order valence-electron chi connectivity index (χ3n) is 2.32. The van der Waals surface area contributed by atoms with E-state index in [0.717, 1.165) is 6.07 Å². The second kappa shape index (κ2) is 3.93. The third-order valence-corrected chi connectivity index (χ3v) is 2.32. The second-order valence-electron chi connectivity index (χ2n) is 3.86. The molecular formula is C9H11NO6. The number of aliphatic hydroxyl groups is 1. The van der Waals surface area contributed by atoms with E-state index in [-0.39, 0.29) is 5.76 Å². The predicted octanol–water partition coefficient (Wildman–Crippen LogP) is 0.911. The Morgan fingerprint density at radius 2 is 2.12 bits per heavy atom. The highest BCUT2D eigenvalue weighted by atomic mass is 16.6. The number of aliphatic hydroxyl groups excluding tert-OH is 1. The van der Waals surface area contributed by atoms with Crippen molar-refractivity contribution in [1.29, 1.82) is 0 Å². The van der Waals surface area contributed by atoms with Gasteiger partial charge in [-0.3, -0.25) is 10.1 Å². The Morgan fingerprint density at radius 1 is 1.56 bits per heavy atom. The van der Waals surface area contributed by atoms with Gasteiger partial charge in [0.05, 0.1) is 11.5 Å². The third kappa shape index (κ3) is 2.03. The number of carboxylic acids is 1. The first-order valence-electron chi connectivity index (χ1n) is 4.42. The summed E-state index contributed by atoms with van der Waals surface area (Å²) >= 11 is 0. The van der Waals surface area contributed by atoms with Crippen LogP contribution in [0.2, 0.25) is 0 Å². The van der Waals surface area contributed by atoms with Gasteiger partial charge < -0.3 is 14.6 Å². The minimum absolute atomic E-state index is 0.0501. The minimum atomic E-state index is -1.70. The predicted molar refractivity (Wildman–Crippen MR) is 52.0 cm³/mol. The molecule has 0 saturated heterocycles. The molecule has 0 aliphatic carbocycles. The number of nitrogens with zero attached hydrogens (tertiary/aromatic N) is 1. The normalized spacial score (nSPS) is 13.4. The second-order valence-corrected chi connectivity index (χ2v) is 3.86. The van der Waals surface area contributed by atoms with E-state index >= 15 is 0 Å². The van der Waals surface area contributed by atoms with E-state index in [1.165, 1.54) is 19.9 Å². The molecule has 1 heterocycles. The molecule has 0 bridgehead atoms. The molecule has 0 aliphatic rings. The van der Waals surface area contributed by atoms with Gasteiger partial charge in [-0.15, -0.1) is 0 Å². The molecule has 1 rings (SSSR count). The van der Waals surface area contributed by atoms with Crippen molar-refractivity contribution in [1.82, 2.24) is 0 Å². The van der Waals surface area contributed by atoms with Gasteiger partial charge in [0, 0.05) is 0 Å². The number of rotatable bonds is 4. The minimum Gasteiger partial charge on any atom is -0.479 e. The number of carbonyl (C=O) groups is 1. The summed E-state index contributed by atoms with van der Waals surface area (Å²) in [4.78, 5) is 20.3. The summed E-state index contributed by atoms with van der Waals surface area (Å²) in [6.07, 6.45) is -1.70. The molecule has 0 fully saturated rings. The van der Waals surface area contributed by atoms with Crippen molar-refractivity contribution < 1.29 is 24.3 Å². The van der Waals surface area contributed by atoms with Gasteiger partial charge in [-0.25, -0.2) is 4.79 Å². The molecule has 7 heteroatoms. The maximum atomic E-state index is 10.6. The molecule has 0 amide bonds. The van der Waals surface area contributed by atoms with Crippen LogP contribution in [0.4, 0.5) is 5.88 Å². The van der Waals surface area contributed by atoms with Crippen LogP contribution < -0.4 is 0 Å². The molecule has 1 unspecified atom stereocenters. The van der Waals surface area contributed by atoms with Gasteiger partial charge in [0.2, 0.25) is 0 Å². The Morgan fingerprint density at radius 3 is 2.50 bits per heavy atom. The van der Waals surface area contributed by atoms with Crippen LogP contribution >= 0.6 is 0 Å². The van der Waals surface area contributed by atoms with Gasteiger partial charge in [0.1, 0.15) is 10.7 Å². The topological polar surface area (TPSA) is 114 Å². The summed E-state index contributed by atoms with van der Waals surface area (Å²) < 4.78 is 4.86. The van der Waals surface area contributed by atoms with E-state index in [9.17, 15) is 20.0 Å². The molecule has 0 aliphatic heterocycles. The smallest absolute Gasteiger partial charge is 0.433 e. The van der Waals surface area contributed by atoms with Crippen molar-refractivity contribution in [2.24, 2.45) is 0 Å². The molecule has 0 radical (unpaired) electrons. The fourth-order valence-corrected chi connectivity index (χ4v) is 1.22. The summed E-state index contributed by atoms with van der Waals surface area (Å²) in [5.41, 5.74) is -1.24. The van der Waals surface area contributed by atoms with Crippen molar-refractivity contribution in [3.8, 4) is 0 Å². The Kier molecular flexibility index (Phi) is 2.99. The fraction of sp³-hybridized carbons (Fsp3) is 0.444. The quantitative estimate of drug-likeness (QED) is 0.585. The lowest BCUT2D eigenvalue weighted by atomic mass is 9.84. The van der Waals surface area contributed by atoms with E-state index in [1.54, 1.807) is 0 Å². The Bertz CT molecular complexity index is 421. The number of hydrogen-bond acceptors (Lipinski definition) is 5. The van der Waals surface area contributed by atoms with Gasteiger partial charge in [-0.2, -0.15) is 0 Å². The Balaban J connectivity index is 3.06. The van der Waals surface area contributed by atoms with Crippen LogP contribution in [0.25, 0.3) is 0 Å². The van der Waals surface area contributed by atoms with Crippen LogP contribution in [0.5, 0.6) is 0 Å². The Hall–Kier alpha value is -1.89. The number of nitro groups is 1. The molecule has 0 saturated carbocycles. The summed E-state index contributed by atoms with van der Waals surface area (Å²) in [5, 5.41) is 28.5. The maximum Gasteiger partial charge on any atom is 0.433 e. The van der Waals surface area contributed by atoms with E-state index < -0.39 is 28.3 Å². The molecule has 7 nitrogen and oxygen atoms in total. The maximum absolute atomic E-state index is 10.6. The fourth-order valence-electron chi connectivity index (χ4n) is 1.22. The molecule has 0 spiro atoms.